The van der Waals surface area contributed by atoms with Crippen molar-refractivity contribution in [2.24, 2.45) is 0 Å². The van der Waals surface area contributed by atoms with Crippen LogP contribution in [-0.2, 0) is 13.3 Å². The third-order valence-electron chi connectivity index (χ3n) is 1.88. The smallest absolute Gasteiger partial charge is 0.620 e. The lowest BCUT2D eigenvalue weighted by Crippen LogP contribution is -2.06. The number of benzene rings is 1. The van der Waals surface area contributed by atoms with Gasteiger partial charge in [-0.1, -0.05) is 11.6 Å². The maximum Gasteiger partial charge on any atom is 0.815 e. The van der Waals surface area contributed by atoms with Crippen LogP contribution >= 0.6 is 31.7 Å². The van der Waals surface area contributed by atoms with Crippen molar-refractivity contribution in [3.63, 3.8) is 0 Å². The summed E-state index contributed by atoms with van der Waals surface area (Å²) in [4.78, 5) is 11.4. The fourth-order valence-corrected chi connectivity index (χ4v) is 2.28. The minimum absolute atomic E-state index is 0.284. The highest BCUT2D eigenvalue weighted by molar-refractivity contribution is 7.31. The minimum atomic E-state index is -2.35. The predicted octanol–water partition coefficient (Wildman–Crippen LogP) is 3.72. The van der Waals surface area contributed by atoms with Crippen molar-refractivity contribution in [1.82, 2.24) is 0 Å². The molecule has 0 radical (unpaired) electrons. The van der Waals surface area contributed by atoms with Gasteiger partial charge in [-0.05, 0) is 31.2 Å². The van der Waals surface area contributed by atoms with Crippen LogP contribution in [-0.4, -0.2) is 25.2 Å². The number of rotatable bonds is 5. The fraction of sp³-hybridized carbons (Fsp3) is 0.182. The summed E-state index contributed by atoms with van der Waals surface area (Å²) in [5.74, 6) is -0.225. The van der Waals surface area contributed by atoms with Gasteiger partial charge in [0, 0.05) is 10.6 Å². The van der Waals surface area contributed by atoms with Crippen LogP contribution in [0.15, 0.2) is 30.3 Å². The van der Waals surface area contributed by atoms with Crippen LogP contribution in [0.2, 0.25) is 5.02 Å². The average Bonchev–Trinajstić information content (AvgIpc) is 2.28. The molecule has 0 bridgehead atoms. The maximum atomic E-state index is 11.4. The molecule has 0 spiro atoms. The van der Waals surface area contributed by atoms with E-state index in [0.29, 0.717) is 10.6 Å². The number of esters is 1. The molecule has 0 saturated carbocycles. The Morgan fingerprint density at radius 3 is 2.44 bits per heavy atom. The summed E-state index contributed by atoms with van der Waals surface area (Å²) < 4.78 is 10.1. The van der Waals surface area contributed by atoms with Crippen LogP contribution in [0.5, 0.6) is 0 Å². The van der Waals surface area contributed by atoms with E-state index in [1.807, 2.05) is 0 Å². The zero-order chi connectivity index (χ0) is 13.5. The number of hydrogen-bond acceptors (Lipinski definition) is 3. The molecule has 0 heterocycles. The largest absolute Gasteiger partial charge is 0.815 e. The molecule has 0 aromatic heterocycles. The van der Waals surface area contributed by atoms with Gasteiger partial charge < -0.3 is 8.53 Å². The van der Waals surface area contributed by atoms with Gasteiger partial charge in [-0.2, -0.15) is 20.1 Å². The molecule has 1 aromatic carbocycles. The van der Waals surface area contributed by atoms with Crippen LogP contribution < -0.4 is 0 Å². The third kappa shape index (κ3) is 5.52. The molecule has 96 valence electrons. The summed E-state index contributed by atoms with van der Waals surface area (Å²) in [6.07, 6.45) is 1.22. The summed E-state index contributed by atoms with van der Waals surface area (Å²) in [6, 6.07) is 6.77. The average molecular weight is 324 g/mol. The van der Waals surface area contributed by atoms with E-state index in [1.165, 1.54) is 6.08 Å². The number of carbonyl (C=O) groups is 1. The molecule has 18 heavy (non-hydrogen) atoms. The van der Waals surface area contributed by atoms with Gasteiger partial charge in [0.25, 0.3) is 0 Å². The normalized spacial score (nSPS) is 11.0. The molecule has 0 aliphatic carbocycles. The molecule has 0 N–H and O–H groups in total. The molecular formula is C11H10AlCl3O3. The number of carbonyl (C=O) groups excluding carboxylic acids is 1. The standard InChI is InChI=1S/C11H11ClO3.Al.2ClH/c1-2-15-11(14)7-10(13)8-3-5-9(12)6-4-8;;;/h3-7,13H,2H2,1H3;;2*1H/q;+3;;/p-3/b10-7-;;;. The Kier molecular flexibility index (Phi) is 6.92. The number of halogens is 3. The van der Waals surface area contributed by atoms with E-state index in [2.05, 4.69) is 0 Å². The minimum Gasteiger partial charge on any atom is -0.620 e. The zero-order valence-corrected chi connectivity index (χ0v) is 13.0. The number of ether oxygens (including phenoxy) is 1. The Hall–Kier alpha value is -0.368. The van der Waals surface area contributed by atoms with Gasteiger partial charge in [0.2, 0.25) is 0 Å². The van der Waals surface area contributed by atoms with Crippen molar-refractivity contribution >= 4 is 56.1 Å². The predicted molar refractivity (Wildman–Crippen MR) is 74.6 cm³/mol. The molecule has 0 unspecified atom stereocenters. The lowest BCUT2D eigenvalue weighted by molar-refractivity contribution is -0.137. The van der Waals surface area contributed by atoms with Gasteiger partial charge in [-0.3, -0.25) is 0 Å². The topological polar surface area (TPSA) is 35.5 Å². The second-order valence-corrected chi connectivity index (χ2v) is 7.39. The second kappa shape index (κ2) is 7.94. The van der Waals surface area contributed by atoms with Crippen molar-refractivity contribution in [3.05, 3.63) is 40.9 Å². The molecule has 1 rings (SSSR count). The molecule has 0 amide bonds. The van der Waals surface area contributed by atoms with Crippen molar-refractivity contribution < 1.29 is 13.3 Å². The van der Waals surface area contributed by atoms with E-state index in [4.69, 9.17) is 40.2 Å². The van der Waals surface area contributed by atoms with E-state index in [0.717, 1.165) is 0 Å². The summed E-state index contributed by atoms with van der Waals surface area (Å²) in [5.41, 5.74) is 0.659. The van der Waals surface area contributed by atoms with Gasteiger partial charge in [0.15, 0.2) is 0 Å². The quantitative estimate of drug-likeness (QED) is 0.358. The summed E-state index contributed by atoms with van der Waals surface area (Å²) in [7, 11) is 11.4. The first kappa shape index (κ1) is 15.7. The Morgan fingerprint density at radius 2 is 1.94 bits per heavy atom. The molecule has 7 heteroatoms. The van der Waals surface area contributed by atoms with Crippen LogP contribution in [0.25, 0.3) is 5.76 Å². The lowest BCUT2D eigenvalue weighted by Gasteiger charge is -2.11. The molecule has 0 saturated heterocycles. The van der Waals surface area contributed by atoms with Crippen molar-refractivity contribution in [2.75, 3.05) is 6.61 Å². The van der Waals surface area contributed by atoms with Crippen molar-refractivity contribution in [3.8, 4) is 0 Å². The van der Waals surface area contributed by atoms with Crippen LogP contribution in [0.4, 0.5) is 0 Å². The van der Waals surface area contributed by atoms with Crippen molar-refractivity contribution in [2.45, 2.75) is 6.92 Å². The summed E-state index contributed by atoms with van der Waals surface area (Å²) >= 11 is 3.43. The fourth-order valence-electron chi connectivity index (χ4n) is 1.19. The summed E-state index contributed by atoms with van der Waals surface area (Å²) in [6.45, 7) is 2.00. The third-order valence-corrected chi connectivity index (χ3v) is 3.10. The Bertz CT molecular complexity index is 432. The molecule has 3 nitrogen and oxygen atoms in total. The van der Waals surface area contributed by atoms with Crippen LogP contribution in [0.1, 0.15) is 12.5 Å². The van der Waals surface area contributed by atoms with E-state index in [9.17, 15) is 4.79 Å². The van der Waals surface area contributed by atoms with Gasteiger partial charge in [0.05, 0.1) is 18.4 Å². The van der Waals surface area contributed by atoms with Gasteiger partial charge in [0.1, 0.15) is 0 Å². The molecule has 0 fully saturated rings. The molecule has 0 aliphatic heterocycles. The van der Waals surface area contributed by atoms with E-state index in [-0.39, 0.29) is 12.4 Å². The first-order chi connectivity index (χ1) is 8.52. The first-order valence-electron chi connectivity index (χ1n) is 5.12. The highest BCUT2D eigenvalue weighted by Crippen LogP contribution is 2.21. The zero-order valence-electron chi connectivity index (χ0n) is 9.53. The Labute approximate surface area is 123 Å². The van der Waals surface area contributed by atoms with E-state index >= 15 is 0 Å². The van der Waals surface area contributed by atoms with Gasteiger partial charge in [-0.25, -0.2) is 4.79 Å². The first-order valence-corrected chi connectivity index (χ1v) is 9.46. The Morgan fingerprint density at radius 1 is 1.33 bits per heavy atom. The molecular weight excluding hydrogens is 313 g/mol. The lowest BCUT2D eigenvalue weighted by atomic mass is 10.2. The highest BCUT2D eigenvalue weighted by atomic mass is 35.7. The van der Waals surface area contributed by atoms with Gasteiger partial charge in [-0.15, -0.1) is 0 Å². The van der Waals surface area contributed by atoms with E-state index < -0.39 is 18.6 Å². The molecule has 0 atom stereocenters. The molecule has 0 aliphatic rings. The highest BCUT2D eigenvalue weighted by Gasteiger charge is 2.21. The number of hydrogen-bond donors (Lipinski definition) is 0. The summed E-state index contributed by atoms with van der Waals surface area (Å²) in [5, 5.41) is 0.583. The Balaban J connectivity index is 2.97. The molecule has 1 aromatic rings. The SMILES string of the molecule is CCOC(=O)/C=C(\[O][Al]([Cl])[Cl])c1ccc(Cl)cc1. The maximum absolute atomic E-state index is 11.4. The second-order valence-electron chi connectivity index (χ2n) is 3.15. The van der Waals surface area contributed by atoms with Crippen molar-refractivity contribution in [1.29, 1.82) is 0 Å². The van der Waals surface area contributed by atoms with Crippen LogP contribution in [0.3, 0.4) is 0 Å². The van der Waals surface area contributed by atoms with E-state index in [1.54, 1.807) is 31.2 Å². The van der Waals surface area contributed by atoms with Crippen LogP contribution in [0, 0.1) is 0 Å². The monoisotopic (exact) mass is 322 g/mol. The van der Waals surface area contributed by atoms with Gasteiger partial charge >= 0.3 is 18.6 Å².